The zero-order valence-corrected chi connectivity index (χ0v) is 15.5. The molecule has 0 aromatic rings. The van der Waals surface area contributed by atoms with Crippen molar-refractivity contribution in [2.75, 3.05) is 0 Å². The van der Waals surface area contributed by atoms with Crippen LogP contribution in [-0.4, -0.2) is 46.2 Å². The van der Waals surface area contributed by atoms with Crippen LogP contribution in [0.25, 0.3) is 0 Å². The number of nitrogens with one attached hydrogen (secondary N) is 2. The summed E-state index contributed by atoms with van der Waals surface area (Å²) in [6.45, 7) is 11.0. The van der Waals surface area contributed by atoms with Gasteiger partial charge in [0.1, 0.15) is 18.2 Å². The van der Waals surface area contributed by atoms with Crippen molar-refractivity contribution in [1.29, 1.82) is 0 Å². The Morgan fingerprint density at radius 3 is 1.71 bits per heavy atom. The van der Waals surface area contributed by atoms with Crippen molar-refractivity contribution < 1.29 is 24.6 Å². The second-order valence-electron chi connectivity index (χ2n) is 7.40. The fourth-order valence-electron chi connectivity index (χ4n) is 2.29. The van der Waals surface area contributed by atoms with Crippen LogP contribution in [0.5, 0.6) is 0 Å². The maximum Gasteiger partial charge on any atom is 0.326 e. The molecule has 0 aliphatic rings. The van der Waals surface area contributed by atoms with Crippen LogP contribution in [0.4, 0.5) is 0 Å². The van der Waals surface area contributed by atoms with Gasteiger partial charge in [0.25, 0.3) is 0 Å². The van der Waals surface area contributed by atoms with Crippen LogP contribution in [0.3, 0.4) is 0 Å². The average Bonchev–Trinajstić information content (AvgIpc) is 2.41. The maximum absolute atomic E-state index is 12.4. The van der Waals surface area contributed by atoms with E-state index in [0.717, 1.165) is 0 Å². The predicted molar refractivity (Wildman–Crippen MR) is 91.3 cm³/mol. The van der Waals surface area contributed by atoms with E-state index in [1.165, 1.54) is 0 Å². The lowest BCUT2D eigenvalue weighted by atomic mass is 9.99. The Labute approximate surface area is 144 Å². The van der Waals surface area contributed by atoms with E-state index in [0.29, 0.717) is 12.8 Å². The lowest BCUT2D eigenvalue weighted by molar-refractivity contribution is -0.143. The first-order valence-corrected chi connectivity index (χ1v) is 8.47. The first-order chi connectivity index (χ1) is 11.0. The number of carboxylic acid groups (broad SMARTS) is 1. The van der Waals surface area contributed by atoms with Crippen LogP contribution in [0, 0.1) is 17.8 Å². The fraction of sp³-hybridized carbons (Fsp3) is 0.824. The van der Waals surface area contributed by atoms with Gasteiger partial charge in [-0.3, -0.25) is 9.59 Å². The summed E-state index contributed by atoms with van der Waals surface area (Å²) in [6, 6.07) is -1.90. The maximum atomic E-state index is 12.4. The molecule has 0 aromatic heterocycles. The summed E-state index contributed by atoms with van der Waals surface area (Å²) >= 11 is 0. The molecule has 0 heterocycles. The molecule has 0 spiro atoms. The highest BCUT2D eigenvalue weighted by Gasteiger charge is 2.30. The van der Waals surface area contributed by atoms with Gasteiger partial charge in [0.2, 0.25) is 11.8 Å². The highest BCUT2D eigenvalue weighted by molar-refractivity contribution is 5.91. The molecule has 0 rings (SSSR count). The first-order valence-electron chi connectivity index (χ1n) is 8.47. The molecule has 24 heavy (non-hydrogen) atoms. The normalized spacial score (nSPS) is 15.2. The topological polar surface area (TPSA) is 116 Å². The molecule has 3 atom stereocenters. The SMILES string of the molecule is CC(C)C[C@H](NC(=O)[C@@H](NC(=O)[C@@H](O)CC(C)C)C(C)C)C(=O)O. The van der Waals surface area contributed by atoms with E-state index < -0.39 is 36.0 Å². The average molecular weight is 344 g/mol. The molecular weight excluding hydrogens is 312 g/mol. The van der Waals surface area contributed by atoms with E-state index in [-0.39, 0.29) is 17.8 Å². The van der Waals surface area contributed by atoms with Crippen molar-refractivity contribution in [2.24, 2.45) is 17.8 Å². The molecule has 0 aromatic carbocycles. The predicted octanol–water partition coefficient (Wildman–Crippen LogP) is 1.15. The molecule has 7 heteroatoms. The number of amides is 2. The van der Waals surface area contributed by atoms with Crippen LogP contribution in [0.1, 0.15) is 54.4 Å². The van der Waals surface area contributed by atoms with E-state index in [1.807, 2.05) is 27.7 Å². The third-order valence-corrected chi connectivity index (χ3v) is 3.57. The van der Waals surface area contributed by atoms with Gasteiger partial charge in [0, 0.05) is 0 Å². The van der Waals surface area contributed by atoms with E-state index in [1.54, 1.807) is 13.8 Å². The molecule has 0 fully saturated rings. The number of carbonyl (C=O) groups is 3. The van der Waals surface area contributed by atoms with Gasteiger partial charge in [-0.25, -0.2) is 4.79 Å². The van der Waals surface area contributed by atoms with Gasteiger partial charge in [-0.05, 0) is 30.6 Å². The van der Waals surface area contributed by atoms with E-state index in [4.69, 9.17) is 0 Å². The summed E-state index contributed by atoms with van der Waals surface area (Å²) in [5.41, 5.74) is 0. The third-order valence-electron chi connectivity index (χ3n) is 3.57. The second-order valence-corrected chi connectivity index (χ2v) is 7.40. The van der Waals surface area contributed by atoms with Crippen molar-refractivity contribution in [3.63, 3.8) is 0 Å². The van der Waals surface area contributed by atoms with Crippen LogP contribution in [-0.2, 0) is 14.4 Å². The van der Waals surface area contributed by atoms with E-state index in [2.05, 4.69) is 10.6 Å². The van der Waals surface area contributed by atoms with Crippen molar-refractivity contribution in [2.45, 2.75) is 72.6 Å². The standard InChI is InChI=1S/C17H32N2O5/c1-9(2)7-12(17(23)24)18-16(22)14(11(5)6)19-15(21)13(20)8-10(3)4/h9-14,20H,7-8H2,1-6H3,(H,18,22)(H,19,21)(H,23,24)/t12-,13-,14-/m0/s1. The molecule has 0 unspecified atom stereocenters. The number of carbonyl (C=O) groups excluding carboxylic acids is 2. The Morgan fingerprint density at radius 2 is 1.33 bits per heavy atom. The van der Waals surface area contributed by atoms with Gasteiger partial charge < -0.3 is 20.8 Å². The van der Waals surface area contributed by atoms with Crippen LogP contribution < -0.4 is 10.6 Å². The third kappa shape index (κ3) is 8.29. The fourth-order valence-corrected chi connectivity index (χ4v) is 2.29. The minimum absolute atomic E-state index is 0.103. The molecule has 0 aliphatic heterocycles. The van der Waals surface area contributed by atoms with Crippen molar-refractivity contribution in [3.8, 4) is 0 Å². The van der Waals surface area contributed by atoms with Crippen molar-refractivity contribution in [3.05, 3.63) is 0 Å². The molecule has 0 bridgehead atoms. The quantitative estimate of drug-likeness (QED) is 0.474. The largest absolute Gasteiger partial charge is 0.480 e. The number of carboxylic acids is 1. The summed E-state index contributed by atoms with van der Waals surface area (Å²) in [5, 5.41) is 24.1. The van der Waals surface area contributed by atoms with Crippen LogP contribution >= 0.6 is 0 Å². The number of aliphatic hydroxyl groups excluding tert-OH is 1. The zero-order valence-electron chi connectivity index (χ0n) is 15.5. The van der Waals surface area contributed by atoms with Gasteiger partial charge in [-0.15, -0.1) is 0 Å². The summed E-state index contributed by atoms with van der Waals surface area (Å²) in [6.07, 6.45) is -0.593. The Morgan fingerprint density at radius 1 is 0.833 bits per heavy atom. The summed E-state index contributed by atoms with van der Waals surface area (Å²) in [5.74, 6) is -2.28. The van der Waals surface area contributed by atoms with Crippen molar-refractivity contribution >= 4 is 17.8 Å². The van der Waals surface area contributed by atoms with Gasteiger partial charge in [-0.2, -0.15) is 0 Å². The highest BCUT2D eigenvalue weighted by Crippen LogP contribution is 2.09. The summed E-state index contributed by atoms with van der Waals surface area (Å²) in [7, 11) is 0. The number of aliphatic hydroxyl groups is 1. The molecule has 0 aliphatic carbocycles. The monoisotopic (exact) mass is 344 g/mol. The Balaban J connectivity index is 4.94. The smallest absolute Gasteiger partial charge is 0.326 e. The van der Waals surface area contributed by atoms with Gasteiger partial charge in [0.05, 0.1) is 0 Å². The minimum atomic E-state index is -1.19. The van der Waals surface area contributed by atoms with Gasteiger partial charge in [0.15, 0.2) is 0 Å². The van der Waals surface area contributed by atoms with Crippen LogP contribution in [0.15, 0.2) is 0 Å². The lowest BCUT2D eigenvalue weighted by Gasteiger charge is -2.25. The molecule has 2 amide bonds. The number of rotatable bonds is 10. The summed E-state index contributed by atoms with van der Waals surface area (Å²) in [4.78, 5) is 35.7. The molecule has 7 nitrogen and oxygen atoms in total. The molecule has 0 saturated heterocycles. The highest BCUT2D eigenvalue weighted by atomic mass is 16.4. The number of aliphatic carboxylic acids is 1. The minimum Gasteiger partial charge on any atom is -0.480 e. The molecule has 0 saturated carbocycles. The lowest BCUT2D eigenvalue weighted by Crippen LogP contribution is -2.55. The van der Waals surface area contributed by atoms with Crippen LogP contribution in [0.2, 0.25) is 0 Å². The molecular formula is C17H32N2O5. The van der Waals surface area contributed by atoms with E-state index in [9.17, 15) is 24.6 Å². The Bertz CT molecular complexity index is 435. The van der Waals surface area contributed by atoms with E-state index >= 15 is 0 Å². The molecule has 140 valence electrons. The Hall–Kier alpha value is -1.63. The van der Waals surface area contributed by atoms with Gasteiger partial charge in [-0.1, -0.05) is 41.5 Å². The first kappa shape index (κ1) is 22.4. The summed E-state index contributed by atoms with van der Waals surface area (Å²) < 4.78 is 0. The molecule has 4 N–H and O–H groups in total. The zero-order chi connectivity index (χ0) is 19.0. The Kier molecular flexibility index (Phi) is 9.58. The number of hydrogen-bond acceptors (Lipinski definition) is 4. The molecule has 0 radical (unpaired) electrons. The second kappa shape index (κ2) is 10.3. The van der Waals surface area contributed by atoms with Crippen molar-refractivity contribution in [1.82, 2.24) is 10.6 Å². The van der Waals surface area contributed by atoms with Gasteiger partial charge >= 0.3 is 5.97 Å². The number of hydrogen-bond donors (Lipinski definition) is 4.